The van der Waals surface area contributed by atoms with E-state index in [-0.39, 0.29) is 11.8 Å². The number of aromatic nitrogens is 1. The highest BCUT2D eigenvalue weighted by molar-refractivity contribution is 7.99. The van der Waals surface area contributed by atoms with E-state index < -0.39 is 5.92 Å². The lowest BCUT2D eigenvalue weighted by Gasteiger charge is -2.34. The minimum atomic E-state index is -0.404. The van der Waals surface area contributed by atoms with Crippen molar-refractivity contribution in [3.63, 3.8) is 0 Å². The molecule has 0 bridgehead atoms. The Hall–Kier alpha value is -2.08. The van der Waals surface area contributed by atoms with Crippen LogP contribution >= 0.6 is 11.8 Å². The number of ether oxygens (including phenoxy) is 1. The van der Waals surface area contributed by atoms with Gasteiger partial charge in [0.25, 0.3) is 0 Å². The lowest BCUT2D eigenvalue weighted by molar-refractivity contribution is -0.138. The highest BCUT2D eigenvalue weighted by Crippen LogP contribution is 2.42. The second-order valence-corrected chi connectivity index (χ2v) is 7.78. The highest BCUT2D eigenvalue weighted by atomic mass is 32.2. The van der Waals surface area contributed by atoms with Crippen LogP contribution < -0.4 is 5.32 Å². The van der Waals surface area contributed by atoms with Crippen molar-refractivity contribution in [2.75, 3.05) is 18.1 Å². The van der Waals surface area contributed by atoms with E-state index in [1.807, 2.05) is 19.1 Å². The van der Waals surface area contributed by atoms with Crippen LogP contribution in [0.2, 0.25) is 0 Å². The second kappa shape index (κ2) is 8.54. The molecule has 1 aromatic rings. The number of nitrogens with zero attached hydrogens (tertiary/aromatic N) is 1. The van der Waals surface area contributed by atoms with Crippen LogP contribution in [0.1, 0.15) is 44.6 Å². The third kappa shape index (κ3) is 3.85. The van der Waals surface area contributed by atoms with Gasteiger partial charge in [0.1, 0.15) is 6.61 Å². The summed E-state index contributed by atoms with van der Waals surface area (Å²) in [5.41, 5.74) is 3.77. The van der Waals surface area contributed by atoms with Crippen LogP contribution in [-0.4, -0.2) is 34.8 Å². The third-order valence-corrected chi connectivity index (χ3v) is 5.54. The van der Waals surface area contributed by atoms with Crippen molar-refractivity contribution in [2.45, 2.75) is 39.0 Å². The summed E-state index contributed by atoms with van der Waals surface area (Å²) in [5.74, 6) is 1.10. The number of ketones is 1. The van der Waals surface area contributed by atoms with Crippen molar-refractivity contribution in [3.05, 3.63) is 52.6 Å². The molecule has 1 N–H and O–H groups in total. The van der Waals surface area contributed by atoms with Crippen molar-refractivity contribution in [1.82, 2.24) is 10.3 Å². The van der Waals surface area contributed by atoms with Gasteiger partial charge in [-0.15, -0.1) is 0 Å². The molecule has 26 heavy (non-hydrogen) atoms. The lowest BCUT2D eigenvalue weighted by Crippen LogP contribution is -2.34. The molecule has 0 aromatic carbocycles. The lowest BCUT2D eigenvalue weighted by atomic mass is 9.75. The summed E-state index contributed by atoms with van der Waals surface area (Å²) in [5, 5.41) is 3.29. The molecule has 6 heteroatoms. The summed E-state index contributed by atoms with van der Waals surface area (Å²) < 4.78 is 5.51. The molecule has 0 saturated carbocycles. The molecule has 138 valence electrons. The van der Waals surface area contributed by atoms with Crippen LogP contribution in [0.5, 0.6) is 0 Å². The molecule has 5 nitrogen and oxygen atoms in total. The van der Waals surface area contributed by atoms with Crippen LogP contribution in [-0.2, 0) is 14.3 Å². The number of carbonyl (C=O) groups is 2. The Labute approximate surface area is 158 Å². The molecule has 0 amide bonds. The van der Waals surface area contributed by atoms with E-state index in [1.54, 1.807) is 24.2 Å². The Morgan fingerprint density at radius 3 is 3.00 bits per heavy atom. The number of nitrogens with one attached hydrogen (secondary N) is 1. The van der Waals surface area contributed by atoms with E-state index in [0.717, 1.165) is 41.3 Å². The summed E-state index contributed by atoms with van der Waals surface area (Å²) >= 11 is 1.73. The van der Waals surface area contributed by atoms with Gasteiger partial charge in [-0.2, -0.15) is 11.8 Å². The normalized spacial score (nSPS) is 19.9. The van der Waals surface area contributed by atoms with Crippen LogP contribution in [0.15, 0.2) is 47.1 Å². The standard InChI is InChI=1S/C20H24N2O3S/c1-3-26-11-10-25-20(24)17-13(2)22-15-7-4-8-16(23)19(15)18(17)14-6-5-9-21-12-14/h5-6,9,12,18,22H,3-4,7-8,10-11H2,1-2H3/t18-/m0/s1. The molecule has 2 aliphatic rings. The van der Waals surface area contributed by atoms with E-state index in [1.165, 1.54) is 0 Å². The van der Waals surface area contributed by atoms with Gasteiger partial charge in [0.15, 0.2) is 5.78 Å². The first-order valence-electron chi connectivity index (χ1n) is 9.02. The molecule has 2 heterocycles. The molecule has 3 rings (SSSR count). The number of pyridine rings is 1. The molecule has 1 aliphatic carbocycles. The summed E-state index contributed by atoms with van der Waals surface area (Å²) in [6, 6.07) is 3.75. The topological polar surface area (TPSA) is 68.3 Å². The largest absolute Gasteiger partial charge is 0.461 e. The van der Waals surface area contributed by atoms with Gasteiger partial charge in [0.05, 0.1) is 5.57 Å². The Balaban J connectivity index is 1.95. The zero-order valence-corrected chi connectivity index (χ0v) is 16.0. The maximum Gasteiger partial charge on any atom is 0.336 e. The first-order chi connectivity index (χ1) is 12.6. The number of thioether (sulfide) groups is 1. The molecule has 0 unspecified atom stereocenters. The van der Waals surface area contributed by atoms with E-state index in [9.17, 15) is 9.59 Å². The van der Waals surface area contributed by atoms with Gasteiger partial charge in [-0.3, -0.25) is 9.78 Å². The molecule has 0 saturated heterocycles. The van der Waals surface area contributed by atoms with Gasteiger partial charge in [-0.25, -0.2) is 4.79 Å². The predicted molar refractivity (Wildman–Crippen MR) is 103 cm³/mol. The van der Waals surface area contributed by atoms with Crippen LogP contribution in [0.3, 0.4) is 0 Å². The molecule has 0 fully saturated rings. The summed E-state index contributed by atoms with van der Waals surface area (Å²) in [6.07, 6.45) is 5.61. The average Bonchev–Trinajstić information content (AvgIpc) is 2.65. The summed E-state index contributed by atoms with van der Waals surface area (Å²) in [4.78, 5) is 29.7. The van der Waals surface area contributed by atoms with Crippen molar-refractivity contribution < 1.29 is 14.3 Å². The molecule has 1 aromatic heterocycles. The smallest absolute Gasteiger partial charge is 0.336 e. The van der Waals surface area contributed by atoms with Crippen LogP contribution in [0.4, 0.5) is 0 Å². The minimum Gasteiger partial charge on any atom is -0.461 e. The number of dihydropyridines is 1. The number of esters is 1. The molecule has 0 radical (unpaired) electrons. The zero-order chi connectivity index (χ0) is 18.5. The van der Waals surface area contributed by atoms with Gasteiger partial charge in [-0.1, -0.05) is 13.0 Å². The Morgan fingerprint density at radius 2 is 2.27 bits per heavy atom. The summed E-state index contributed by atoms with van der Waals surface area (Å²) in [7, 11) is 0. The number of hydrogen-bond acceptors (Lipinski definition) is 6. The number of carbonyl (C=O) groups excluding carboxylic acids is 2. The minimum absolute atomic E-state index is 0.104. The summed E-state index contributed by atoms with van der Waals surface area (Å²) in [6.45, 7) is 4.32. The first kappa shape index (κ1) is 18.7. The fraction of sp³-hybridized carbons (Fsp3) is 0.450. The van der Waals surface area contributed by atoms with Crippen LogP contribution in [0.25, 0.3) is 0 Å². The average molecular weight is 372 g/mol. The maximum atomic E-state index is 12.9. The van der Waals surface area contributed by atoms with E-state index in [0.29, 0.717) is 24.2 Å². The Kier molecular flexibility index (Phi) is 6.14. The number of allylic oxidation sites excluding steroid dienone is 3. The zero-order valence-electron chi connectivity index (χ0n) is 15.2. The van der Waals surface area contributed by atoms with Crippen molar-refractivity contribution >= 4 is 23.5 Å². The van der Waals surface area contributed by atoms with Crippen LogP contribution in [0, 0.1) is 0 Å². The quantitative estimate of drug-likeness (QED) is 0.610. The van der Waals surface area contributed by atoms with Gasteiger partial charge < -0.3 is 10.1 Å². The van der Waals surface area contributed by atoms with Crippen molar-refractivity contribution in [3.8, 4) is 0 Å². The SMILES string of the molecule is CCSCCOC(=O)C1=C(C)NC2=C(C(=O)CCC2)[C@H]1c1cccnc1. The van der Waals surface area contributed by atoms with Gasteiger partial charge in [-0.05, 0) is 37.1 Å². The number of rotatable bonds is 6. The Bertz CT molecular complexity index is 756. The van der Waals surface area contributed by atoms with E-state index in [4.69, 9.17) is 4.74 Å². The van der Waals surface area contributed by atoms with Gasteiger partial charge >= 0.3 is 5.97 Å². The van der Waals surface area contributed by atoms with Gasteiger partial charge in [0, 0.05) is 47.5 Å². The fourth-order valence-corrected chi connectivity index (χ4v) is 4.04. The molecular formula is C20H24N2O3S. The molecular weight excluding hydrogens is 348 g/mol. The molecule has 1 atom stereocenters. The van der Waals surface area contributed by atoms with Crippen molar-refractivity contribution in [1.29, 1.82) is 0 Å². The maximum absolute atomic E-state index is 12.9. The van der Waals surface area contributed by atoms with Gasteiger partial charge in [0.2, 0.25) is 0 Å². The molecule has 1 aliphatic heterocycles. The van der Waals surface area contributed by atoms with E-state index >= 15 is 0 Å². The molecule has 0 spiro atoms. The number of hydrogen-bond donors (Lipinski definition) is 1. The second-order valence-electron chi connectivity index (χ2n) is 6.38. The fourth-order valence-electron chi connectivity index (χ4n) is 3.55. The first-order valence-corrected chi connectivity index (χ1v) is 10.2. The van der Waals surface area contributed by atoms with E-state index in [2.05, 4.69) is 17.2 Å². The predicted octanol–water partition coefficient (Wildman–Crippen LogP) is 3.35. The van der Waals surface area contributed by atoms with Crippen molar-refractivity contribution in [2.24, 2.45) is 0 Å². The Morgan fingerprint density at radius 1 is 1.42 bits per heavy atom. The third-order valence-electron chi connectivity index (χ3n) is 4.68. The number of Topliss-reactive ketones (excluding diaryl/α,β-unsaturated/α-hetero) is 1. The highest BCUT2D eigenvalue weighted by Gasteiger charge is 2.39. The monoisotopic (exact) mass is 372 g/mol.